The molecule has 0 aliphatic rings. The van der Waals surface area contributed by atoms with Crippen LogP contribution in [0.25, 0.3) is 0 Å². The minimum Gasteiger partial charge on any atom is -0.464 e. The molecule has 0 aromatic heterocycles. The van der Waals surface area contributed by atoms with Gasteiger partial charge >= 0.3 is 5.97 Å². The summed E-state index contributed by atoms with van der Waals surface area (Å²) in [5.41, 5.74) is 0.568. The number of esters is 1. The highest BCUT2D eigenvalue weighted by atomic mass is 32.2. The maximum absolute atomic E-state index is 12.7. The van der Waals surface area contributed by atoms with E-state index in [4.69, 9.17) is 4.74 Å². The van der Waals surface area contributed by atoms with Gasteiger partial charge in [-0.3, -0.25) is 9.35 Å². The second-order valence-electron chi connectivity index (χ2n) is 6.56. The molecule has 29 heavy (non-hydrogen) atoms. The first-order valence-corrected chi connectivity index (χ1v) is 10.8. The molecular formula is C21H25NO6S. The number of carbonyl (C=O) groups is 2. The van der Waals surface area contributed by atoms with E-state index in [-0.39, 0.29) is 18.6 Å². The molecule has 7 nitrogen and oxygen atoms in total. The van der Waals surface area contributed by atoms with E-state index in [1.54, 1.807) is 0 Å². The molecule has 0 saturated carbocycles. The highest BCUT2D eigenvalue weighted by Gasteiger charge is 2.26. The molecule has 2 N–H and O–H groups in total. The predicted molar refractivity (Wildman–Crippen MR) is 108 cm³/mol. The Bertz CT molecular complexity index is 927. The third kappa shape index (κ3) is 6.99. The number of benzene rings is 2. The molecule has 156 valence electrons. The first-order valence-electron chi connectivity index (χ1n) is 9.41. The van der Waals surface area contributed by atoms with Crippen LogP contribution in [0.2, 0.25) is 0 Å². The van der Waals surface area contributed by atoms with Crippen molar-refractivity contribution in [2.75, 3.05) is 6.61 Å². The maximum Gasteiger partial charge on any atom is 0.328 e. The topological polar surface area (TPSA) is 110 Å². The largest absolute Gasteiger partial charge is 0.464 e. The summed E-state index contributed by atoms with van der Waals surface area (Å²) in [6, 6.07) is 13.4. The first-order chi connectivity index (χ1) is 13.8. The van der Waals surface area contributed by atoms with Crippen molar-refractivity contribution < 1.29 is 27.3 Å². The van der Waals surface area contributed by atoms with Crippen LogP contribution in [-0.2, 0) is 26.1 Å². The van der Waals surface area contributed by atoms with E-state index < -0.39 is 32.9 Å². The fraction of sp³-hybridized carbons (Fsp3) is 0.333. The van der Waals surface area contributed by atoms with Gasteiger partial charge in [0.2, 0.25) is 0 Å². The van der Waals surface area contributed by atoms with Crippen molar-refractivity contribution in [3.8, 4) is 0 Å². The van der Waals surface area contributed by atoms with Crippen LogP contribution in [0.4, 0.5) is 0 Å². The third-order valence-electron chi connectivity index (χ3n) is 4.27. The van der Waals surface area contributed by atoms with E-state index in [1.165, 1.54) is 18.2 Å². The van der Waals surface area contributed by atoms with Crippen molar-refractivity contribution in [3.05, 3.63) is 65.7 Å². The van der Waals surface area contributed by atoms with Gasteiger partial charge in [-0.25, -0.2) is 4.79 Å². The van der Waals surface area contributed by atoms with E-state index in [0.717, 1.165) is 30.9 Å². The number of hydrogen-bond donors (Lipinski definition) is 2. The van der Waals surface area contributed by atoms with Crippen molar-refractivity contribution in [1.82, 2.24) is 5.32 Å². The Morgan fingerprint density at radius 2 is 1.69 bits per heavy atom. The van der Waals surface area contributed by atoms with Crippen molar-refractivity contribution in [3.63, 3.8) is 0 Å². The molecule has 0 fully saturated rings. The fourth-order valence-electron chi connectivity index (χ4n) is 2.78. The van der Waals surface area contributed by atoms with Crippen molar-refractivity contribution in [2.45, 2.75) is 43.5 Å². The van der Waals surface area contributed by atoms with Crippen LogP contribution in [0, 0.1) is 0 Å². The van der Waals surface area contributed by atoms with Gasteiger partial charge in [0.1, 0.15) is 10.9 Å². The van der Waals surface area contributed by atoms with Crippen LogP contribution in [0.5, 0.6) is 0 Å². The first kappa shape index (κ1) is 22.6. The lowest BCUT2D eigenvalue weighted by Crippen LogP contribution is -2.43. The number of amides is 1. The van der Waals surface area contributed by atoms with Gasteiger partial charge in [0, 0.05) is 6.42 Å². The summed E-state index contributed by atoms with van der Waals surface area (Å²) in [5.74, 6) is -1.38. The van der Waals surface area contributed by atoms with Crippen LogP contribution in [0.15, 0.2) is 59.5 Å². The smallest absolute Gasteiger partial charge is 0.328 e. The summed E-state index contributed by atoms with van der Waals surface area (Å²) in [6.07, 6.45) is 2.81. The molecule has 2 aromatic carbocycles. The van der Waals surface area contributed by atoms with Crippen LogP contribution in [0.3, 0.4) is 0 Å². The molecule has 1 amide bonds. The number of nitrogens with one attached hydrogen (secondary N) is 1. The zero-order valence-corrected chi connectivity index (χ0v) is 17.0. The fourth-order valence-corrected chi connectivity index (χ4v) is 3.47. The minimum atomic E-state index is -4.59. The van der Waals surface area contributed by atoms with Gasteiger partial charge in [0.15, 0.2) is 0 Å². The van der Waals surface area contributed by atoms with Crippen LogP contribution < -0.4 is 5.32 Å². The van der Waals surface area contributed by atoms with Gasteiger partial charge in [0.25, 0.3) is 16.0 Å². The molecule has 0 aliphatic heterocycles. The Morgan fingerprint density at radius 1 is 1.03 bits per heavy atom. The van der Waals surface area contributed by atoms with Gasteiger partial charge in [0.05, 0.1) is 12.2 Å². The maximum atomic E-state index is 12.7. The van der Waals surface area contributed by atoms with E-state index in [0.29, 0.717) is 0 Å². The third-order valence-corrected chi connectivity index (χ3v) is 5.19. The molecular weight excluding hydrogens is 394 g/mol. The Balaban J connectivity index is 2.20. The summed E-state index contributed by atoms with van der Waals surface area (Å²) in [7, 11) is -4.59. The Morgan fingerprint density at radius 3 is 2.34 bits per heavy atom. The molecule has 0 heterocycles. The quantitative estimate of drug-likeness (QED) is 0.348. The molecule has 0 bridgehead atoms. The van der Waals surface area contributed by atoms with Crippen molar-refractivity contribution >= 4 is 22.0 Å². The predicted octanol–water partition coefficient (Wildman–Crippen LogP) is 3.01. The summed E-state index contributed by atoms with van der Waals surface area (Å²) in [6.45, 7) is 2.28. The standard InChI is InChI=1S/C21H25NO6S/c1-2-3-9-14-28-21(24)18(15-16-10-5-4-6-11-16)22-20(23)17-12-7-8-13-19(17)29(25,26)27/h4-8,10-13,18H,2-3,9,14-15H2,1H3,(H,22,23)(H,25,26,27). The van der Waals surface area contributed by atoms with Gasteiger partial charge in [-0.05, 0) is 24.1 Å². The monoisotopic (exact) mass is 419 g/mol. The van der Waals surface area contributed by atoms with Crippen LogP contribution >= 0.6 is 0 Å². The average molecular weight is 419 g/mol. The zero-order chi connectivity index (χ0) is 21.3. The number of carbonyl (C=O) groups excluding carboxylic acids is 2. The van der Waals surface area contributed by atoms with E-state index >= 15 is 0 Å². The summed E-state index contributed by atoms with van der Waals surface area (Å²) in [5, 5.41) is 2.55. The van der Waals surface area contributed by atoms with Gasteiger partial charge in [-0.15, -0.1) is 0 Å². The van der Waals surface area contributed by atoms with Crippen molar-refractivity contribution in [1.29, 1.82) is 0 Å². The molecule has 0 spiro atoms. The van der Waals surface area contributed by atoms with E-state index in [1.807, 2.05) is 37.3 Å². The number of rotatable bonds is 10. The summed E-state index contributed by atoms with van der Waals surface area (Å²) >= 11 is 0. The molecule has 1 atom stereocenters. The van der Waals surface area contributed by atoms with Crippen LogP contribution in [-0.4, -0.2) is 37.5 Å². The summed E-state index contributed by atoms with van der Waals surface area (Å²) in [4.78, 5) is 24.7. The van der Waals surface area contributed by atoms with E-state index in [9.17, 15) is 22.6 Å². The molecule has 0 radical (unpaired) electrons. The molecule has 2 rings (SSSR count). The zero-order valence-electron chi connectivity index (χ0n) is 16.2. The molecule has 0 aliphatic carbocycles. The number of ether oxygens (including phenoxy) is 1. The Kier molecular flexibility index (Phi) is 8.35. The Hall–Kier alpha value is -2.71. The highest BCUT2D eigenvalue weighted by molar-refractivity contribution is 7.86. The summed E-state index contributed by atoms with van der Waals surface area (Å²) < 4.78 is 37.8. The normalized spacial score (nSPS) is 12.2. The van der Waals surface area contributed by atoms with Crippen LogP contribution in [0.1, 0.15) is 42.1 Å². The van der Waals surface area contributed by atoms with E-state index in [2.05, 4.69) is 5.32 Å². The average Bonchev–Trinajstić information content (AvgIpc) is 2.70. The van der Waals surface area contributed by atoms with Crippen molar-refractivity contribution in [2.24, 2.45) is 0 Å². The molecule has 2 aromatic rings. The van der Waals surface area contributed by atoms with Gasteiger partial charge in [-0.1, -0.05) is 62.2 Å². The second-order valence-corrected chi connectivity index (χ2v) is 7.95. The highest BCUT2D eigenvalue weighted by Crippen LogP contribution is 2.16. The SMILES string of the molecule is CCCCCOC(=O)C(Cc1ccccc1)NC(=O)c1ccccc1S(=O)(=O)O. The minimum absolute atomic E-state index is 0.188. The lowest BCUT2D eigenvalue weighted by atomic mass is 10.1. The van der Waals surface area contributed by atoms with Gasteiger partial charge in [-0.2, -0.15) is 8.42 Å². The number of unbranched alkanes of at least 4 members (excludes halogenated alkanes) is 2. The molecule has 8 heteroatoms. The lowest BCUT2D eigenvalue weighted by molar-refractivity contribution is -0.146. The lowest BCUT2D eigenvalue weighted by Gasteiger charge is -2.18. The molecule has 1 unspecified atom stereocenters. The molecule has 0 saturated heterocycles. The number of hydrogen-bond acceptors (Lipinski definition) is 5. The second kappa shape index (κ2) is 10.7. The Labute approximate surface area is 170 Å². The van der Waals surface area contributed by atoms with Gasteiger partial charge < -0.3 is 10.1 Å².